The van der Waals surface area contributed by atoms with Gasteiger partial charge in [-0.3, -0.25) is 4.79 Å². The van der Waals surface area contributed by atoms with Gasteiger partial charge in [0, 0.05) is 6.08 Å². The Bertz CT molecular complexity index is 2480. The molecule has 64 heavy (non-hydrogen) atoms. The number of esters is 5. The van der Waals surface area contributed by atoms with Crippen molar-refractivity contribution >= 4 is 42.0 Å². The zero-order chi connectivity index (χ0) is 45.4. The highest BCUT2D eigenvalue weighted by Crippen LogP contribution is 2.32. The van der Waals surface area contributed by atoms with Gasteiger partial charge in [-0.15, -0.1) is 0 Å². The fourth-order valence-corrected chi connectivity index (χ4v) is 6.27. The third kappa shape index (κ3) is 12.3. The van der Waals surface area contributed by atoms with Crippen LogP contribution in [0.4, 0.5) is 0 Å². The Balaban J connectivity index is 0.937. The molecule has 0 N–H and O–H groups in total. The first-order valence-corrected chi connectivity index (χ1v) is 19.7. The summed E-state index contributed by atoms with van der Waals surface area (Å²) in [5.74, 6) is -2.23. The van der Waals surface area contributed by atoms with Gasteiger partial charge in [-0.25, -0.2) is 24.0 Å². The minimum atomic E-state index is -0.895. The number of methoxy groups -OCH3 is 1. The Hall–Kier alpha value is -8.05. The molecule has 6 rings (SSSR count). The van der Waals surface area contributed by atoms with Crippen molar-refractivity contribution in [3.8, 4) is 29.1 Å². The number of unbranched alkanes of at least 4 members (excludes halogenated alkanes) is 1. The SMILES string of the molecule is [C-]#[N+]/C(=C\c1ccc(OCCCCOC(=O)C=C)cc1)C(=O)Oc1ccc(C(=O)O[C@H]2COC3C2OC[C@H]3OC(=O)c2ccc(OC(=O)/C(C#N)=C/c3ccc(OC)cc3)cc2)cc1. The highest BCUT2D eigenvalue weighted by molar-refractivity contribution is 5.99. The van der Waals surface area contributed by atoms with Crippen LogP contribution in [0, 0.1) is 17.9 Å². The first-order valence-electron chi connectivity index (χ1n) is 19.7. The van der Waals surface area contributed by atoms with Gasteiger partial charge in [0.05, 0.1) is 51.2 Å². The van der Waals surface area contributed by atoms with E-state index in [0.717, 1.165) is 6.08 Å². The summed E-state index contributed by atoms with van der Waals surface area (Å²) in [6.07, 6.45) is 2.13. The zero-order valence-corrected chi connectivity index (χ0v) is 34.3. The van der Waals surface area contributed by atoms with E-state index in [2.05, 4.69) is 11.4 Å². The Morgan fingerprint density at radius 3 is 1.69 bits per heavy atom. The van der Waals surface area contributed by atoms with Gasteiger partial charge in [-0.2, -0.15) is 5.26 Å². The van der Waals surface area contributed by atoms with Crippen LogP contribution in [0.5, 0.6) is 23.0 Å². The smallest absolute Gasteiger partial charge is 0.354 e. The quantitative estimate of drug-likeness (QED) is 0.0199. The lowest BCUT2D eigenvalue weighted by Gasteiger charge is -2.17. The first kappa shape index (κ1) is 45.5. The fourth-order valence-electron chi connectivity index (χ4n) is 6.27. The highest BCUT2D eigenvalue weighted by atomic mass is 16.7. The molecular weight excluding hydrogens is 829 g/mol. The van der Waals surface area contributed by atoms with Gasteiger partial charge in [0.2, 0.25) is 0 Å². The van der Waals surface area contributed by atoms with Crippen LogP contribution in [0.2, 0.25) is 0 Å². The van der Waals surface area contributed by atoms with Crippen molar-refractivity contribution in [2.24, 2.45) is 0 Å². The Morgan fingerprint density at radius 2 is 1.19 bits per heavy atom. The van der Waals surface area contributed by atoms with Crippen LogP contribution in [0.1, 0.15) is 44.7 Å². The van der Waals surface area contributed by atoms with Gasteiger partial charge in [-0.05, 0) is 109 Å². The van der Waals surface area contributed by atoms with Crippen molar-refractivity contribution in [3.63, 3.8) is 0 Å². The largest absolute Gasteiger partial charge is 0.497 e. The number of rotatable bonds is 18. The lowest BCUT2D eigenvalue weighted by Crippen LogP contribution is -2.36. The molecule has 2 fully saturated rings. The van der Waals surface area contributed by atoms with Crippen molar-refractivity contribution in [1.82, 2.24) is 0 Å². The molecule has 0 radical (unpaired) electrons. The summed E-state index contributed by atoms with van der Waals surface area (Å²) < 4.78 is 49.4. The summed E-state index contributed by atoms with van der Waals surface area (Å²) >= 11 is 0. The van der Waals surface area contributed by atoms with Gasteiger partial charge in [-0.1, -0.05) is 30.8 Å². The second-order valence-corrected chi connectivity index (χ2v) is 13.9. The van der Waals surface area contributed by atoms with E-state index in [0.29, 0.717) is 42.1 Å². The van der Waals surface area contributed by atoms with Gasteiger partial charge < -0.3 is 42.6 Å². The van der Waals surface area contributed by atoms with Crippen molar-refractivity contribution in [2.75, 3.05) is 33.5 Å². The zero-order valence-electron chi connectivity index (χ0n) is 34.3. The minimum Gasteiger partial charge on any atom is -0.497 e. The van der Waals surface area contributed by atoms with E-state index in [4.69, 9.17) is 49.2 Å². The van der Waals surface area contributed by atoms with Crippen LogP contribution < -0.4 is 18.9 Å². The lowest BCUT2D eigenvalue weighted by molar-refractivity contribution is -0.138. The summed E-state index contributed by atoms with van der Waals surface area (Å²) in [4.78, 5) is 66.0. The van der Waals surface area contributed by atoms with Crippen molar-refractivity contribution in [2.45, 2.75) is 37.3 Å². The van der Waals surface area contributed by atoms with Crippen LogP contribution in [0.3, 0.4) is 0 Å². The number of carbonyl (C=O) groups is 5. The van der Waals surface area contributed by atoms with E-state index in [-0.39, 0.29) is 53.7 Å². The molecule has 2 heterocycles. The number of nitrogens with zero attached hydrogens (tertiary/aromatic N) is 2. The van der Waals surface area contributed by atoms with Crippen LogP contribution in [0.15, 0.2) is 121 Å². The summed E-state index contributed by atoms with van der Waals surface area (Å²) in [7, 11) is 1.53. The average Bonchev–Trinajstić information content (AvgIpc) is 3.91. The van der Waals surface area contributed by atoms with Crippen LogP contribution in [-0.2, 0) is 38.1 Å². The Labute approximate surface area is 367 Å². The van der Waals surface area contributed by atoms with E-state index >= 15 is 0 Å². The molecule has 16 heteroatoms. The van der Waals surface area contributed by atoms with Gasteiger partial charge >= 0.3 is 29.8 Å². The first-order chi connectivity index (χ1) is 31.1. The van der Waals surface area contributed by atoms with E-state index in [1.165, 1.54) is 67.8 Å². The molecule has 4 aromatic rings. The second kappa shape index (κ2) is 22.2. The summed E-state index contributed by atoms with van der Waals surface area (Å²) in [5, 5.41) is 9.51. The number of hydrogen-bond acceptors (Lipinski definition) is 15. The lowest BCUT2D eigenvalue weighted by atomic mass is 10.1. The molecule has 2 saturated heterocycles. The van der Waals surface area contributed by atoms with Gasteiger partial charge in [0.25, 0.3) is 5.70 Å². The number of ether oxygens (including phenoxy) is 9. The molecule has 2 unspecified atom stereocenters. The summed E-state index contributed by atoms with van der Waals surface area (Å²) in [5.41, 5.74) is 0.964. The predicted molar refractivity (Wildman–Crippen MR) is 226 cm³/mol. The molecule has 0 aromatic heterocycles. The van der Waals surface area contributed by atoms with Crippen molar-refractivity contribution in [3.05, 3.63) is 155 Å². The topological polar surface area (TPSA) is 197 Å². The average molecular weight is 869 g/mol. The summed E-state index contributed by atoms with van der Waals surface area (Å²) in [6.45, 7) is 11.5. The third-order valence-electron chi connectivity index (χ3n) is 9.58. The number of fused-ring (bicyclic) bond motifs is 1. The van der Waals surface area contributed by atoms with E-state index < -0.39 is 54.3 Å². The molecule has 2 aliphatic rings. The maximum atomic E-state index is 13.1. The van der Waals surface area contributed by atoms with Gasteiger partial charge in [0.1, 0.15) is 46.8 Å². The number of hydrogen-bond donors (Lipinski definition) is 0. The standard InChI is InChI=1S/C48H40N2O14/c1-4-42(51)58-24-6-5-23-57-36-17-9-31(10-18-36)26-39(50-2)48(55)62-38-21-13-33(14-22-38)46(53)64-41-29-60-43-40(28-59-44(41)43)63-45(52)32-11-19-37(20-12-32)61-47(54)34(27-49)25-30-7-15-35(56-3)16-8-30/h4,7-22,25-26,40-41,43-44H,1,5-6,23-24,28-29H2,3H3/b34-25+,39-26-/t40-,41+,43?,44?/m1/s1. The fraction of sp³-hybridized carbons (Fsp3) is 0.229. The van der Waals surface area contributed by atoms with E-state index in [1.807, 2.05) is 6.07 Å². The van der Waals surface area contributed by atoms with Gasteiger partial charge in [0.15, 0.2) is 12.2 Å². The third-order valence-corrected chi connectivity index (χ3v) is 9.58. The normalized spacial score (nSPS) is 17.7. The molecule has 4 aromatic carbocycles. The van der Waals surface area contributed by atoms with Crippen molar-refractivity contribution in [1.29, 1.82) is 5.26 Å². The Kier molecular flexibility index (Phi) is 15.7. The van der Waals surface area contributed by atoms with Crippen LogP contribution in [-0.4, -0.2) is 87.8 Å². The monoisotopic (exact) mass is 868 g/mol. The minimum absolute atomic E-state index is 0.0116. The predicted octanol–water partition coefficient (Wildman–Crippen LogP) is 6.51. The Morgan fingerprint density at radius 1 is 0.703 bits per heavy atom. The molecule has 0 aliphatic carbocycles. The molecule has 4 atom stereocenters. The molecule has 0 spiro atoms. The maximum absolute atomic E-state index is 13.1. The number of nitriles is 1. The highest BCUT2D eigenvalue weighted by Gasteiger charge is 2.51. The van der Waals surface area contributed by atoms with Crippen molar-refractivity contribution < 1.29 is 66.6 Å². The molecular formula is C48H40N2O14. The molecule has 2 aliphatic heterocycles. The van der Waals surface area contributed by atoms with Crippen LogP contribution in [0.25, 0.3) is 17.0 Å². The molecule has 326 valence electrons. The summed E-state index contributed by atoms with van der Waals surface area (Å²) in [6, 6.07) is 26.5. The molecule has 16 nitrogen and oxygen atoms in total. The second-order valence-electron chi connectivity index (χ2n) is 13.9. The van der Waals surface area contributed by atoms with Crippen LogP contribution >= 0.6 is 0 Å². The van der Waals surface area contributed by atoms with E-state index in [1.54, 1.807) is 48.5 Å². The molecule has 0 amide bonds. The molecule has 0 saturated carbocycles. The maximum Gasteiger partial charge on any atom is 0.354 e. The number of benzene rings is 4. The molecule has 0 bridgehead atoms. The number of carbonyl (C=O) groups excluding carboxylic acids is 5. The van der Waals surface area contributed by atoms with E-state index in [9.17, 15) is 29.2 Å².